The van der Waals surface area contributed by atoms with Crippen molar-refractivity contribution in [1.29, 1.82) is 0 Å². The van der Waals surface area contributed by atoms with Gasteiger partial charge in [-0.2, -0.15) is 5.10 Å². The number of aromatic amines is 1. The van der Waals surface area contributed by atoms with Gasteiger partial charge in [0.25, 0.3) is 0 Å². The van der Waals surface area contributed by atoms with E-state index in [9.17, 15) is 5.11 Å². The summed E-state index contributed by atoms with van der Waals surface area (Å²) >= 11 is 0. The maximum Gasteiger partial charge on any atom is 0.115 e. The van der Waals surface area contributed by atoms with Gasteiger partial charge in [0.15, 0.2) is 0 Å². The molecule has 2 aromatic carbocycles. The molecule has 0 bridgehead atoms. The molecule has 0 saturated carbocycles. The van der Waals surface area contributed by atoms with Crippen molar-refractivity contribution >= 4 is 10.9 Å². The fourth-order valence-corrected chi connectivity index (χ4v) is 2.97. The third kappa shape index (κ3) is 2.52. The van der Waals surface area contributed by atoms with Crippen molar-refractivity contribution < 1.29 is 37.8 Å². The summed E-state index contributed by atoms with van der Waals surface area (Å²) in [6.07, 6.45) is 2.86. The Morgan fingerprint density at radius 1 is 1.14 bits per heavy atom. The summed E-state index contributed by atoms with van der Waals surface area (Å²) in [6.45, 7) is 0.822. The number of hydrogen-bond donors (Lipinski definition) is 2. The van der Waals surface area contributed by atoms with E-state index in [1.165, 1.54) is 16.5 Å². The number of H-pyrrole nitrogens is 1. The van der Waals surface area contributed by atoms with Crippen LogP contribution in [0.5, 0.6) is 5.75 Å². The van der Waals surface area contributed by atoms with Gasteiger partial charge in [0.2, 0.25) is 0 Å². The average Bonchev–Trinajstić information content (AvgIpc) is 2.96. The smallest absolute Gasteiger partial charge is 0.115 e. The number of phenols is 1. The van der Waals surface area contributed by atoms with E-state index < -0.39 is 0 Å². The molecule has 2 heterocycles. The quantitative estimate of drug-likeness (QED) is 0.705. The van der Waals surface area contributed by atoms with Crippen molar-refractivity contribution in [2.45, 2.75) is 12.5 Å². The Balaban J connectivity index is 0.00000132. The van der Waals surface area contributed by atoms with E-state index in [1.54, 1.807) is 12.1 Å². The van der Waals surface area contributed by atoms with Crippen molar-refractivity contribution in [1.82, 2.24) is 10.2 Å². The van der Waals surface area contributed by atoms with E-state index in [0.717, 1.165) is 24.0 Å². The van der Waals surface area contributed by atoms with Crippen molar-refractivity contribution in [2.75, 3.05) is 6.54 Å². The Hall–Kier alpha value is -1.23. The van der Waals surface area contributed by atoms with Gasteiger partial charge in [-0.15, -0.1) is 6.54 Å². The number of rotatable bonds is 1. The van der Waals surface area contributed by atoms with Gasteiger partial charge in [-0.1, -0.05) is 35.4 Å². The summed E-state index contributed by atoms with van der Waals surface area (Å²) < 4.78 is 0. The zero-order valence-corrected chi connectivity index (χ0v) is 14.3. The molecule has 4 nitrogen and oxygen atoms in total. The summed E-state index contributed by atoms with van der Waals surface area (Å²) in [7, 11) is 0. The first-order valence-electron chi connectivity index (χ1n) is 6.73. The molecule has 0 saturated heterocycles. The molecule has 1 radical (unpaired) electrons. The second-order valence-electron chi connectivity index (χ2n) is 5.11. The monoisotopic (exact) mass is 353 g/mol. The van der Waals surface area contributed by atoms with Crippen LogP contribution in [0, 0.1) is 0 Å². The Morgan fingerprint density at radius 2 is 1.95 bits per heavy atom. The van der Waals surface area contributed by atoms with E-state index in [2.05, 4.69) is 22.3 Å². The van der Waals surface area contributed by atoms with E-state index in [0.29, 0.717) is 0 Å². The molecule has 2 N–H and O–H groups in total. The number of benzene rings is 2. The third-order valence-corrected chi connectivity index (χ3v) is 3.95. The molecule has 0 aliphatic carbocycles. The molecule has 1 atom stereocenters. The maximum absolute atomic E-state index is 9.42. The minimum Gasteiger partial charge on any atom is -0.652 e. The second-order valence-corrected chi connectivity index (χ2v) is 5.11. The summed E-state index contributed by atoms with van der Waals surface area (Å²) in [5.41, 5.74) is 4.78. The molecule has 1 aliphatic rings. The molecule has 21 heavy (non-hydrogen) atoms. The van der Waals surface area contributed by atoms with Gasteiger partial charge in [-0.05, 0) is 30.2 Å². The normalized spacial score (nSPS) is 17.2. The van der Waals surface area contributed by atoms with Gasteiger partial charge in [0.1, 0.15) is 5.75 Å². The van der Waals surface area contributed by atoms with Crippen LogP contribution >= 0.6 is 0 Å². The van der Waals surface area contributed by atoms with Crippen LogP contribution in [-0.4, -0.2) is 21.8 Å². The summed E-state index contributed by atoms with van der Waals surface area (Å²) in [6, 6.07) is 11.6. The molecule has 0 amide bonds. The summed E-state index contributed by atoms with van der Waals surface area (Å²) in [5.74, 6) is 0.287. The zero-order chi connectivity index (χ0) is 13.5. The number of aromatic hydroxyl groups is 1. The maximum atomic E-state index is 9.42. The van der Waals surface area contributed by atoms with E-state index >= 15 is 0 Å². The van der Waals surface area contributed by atoms with Crippen LogP contribution in [0.15, 0.2) is 42.6 Å². The fraction of sp³-hybridized carbons (Fsp3) is 0.188. The predicted octanol–water partition coefficient (Wildman–Crippen LogP) is 3.29. The number of nitrogens with one attached hydrogen (secondary N) is 1. The van der Waals surface area contributed by atoms with Crippen LogP contribution in [0.4, 0.5) is 0 Å². The number of hydrogen-bond acceptors (Lipinski definition) is 2. The molecular weight excluding hydrogens is 339 g/mol. The van der Waals surface area contributed by atoms with Gasteiger partial charge < -0.3 is 10.4 Å². The van der Waals surface area contributed by atoms with E-state index in [1.807, 2.05) is 18.3 Å². The standard InChI is InChI=1S/C16H14N3O.Y/c20-11-3-1-10(2-4-11)16-13-5-6-15-14(9-18-19-15)12(13)7-8-17-16;/h1-6,9,16,20H,7-8H2,(H,18,19);/q-1;. The number of aromatic nitrogens is 2. The van der Waals surface area contributed by atoms with Crippen LogP contribution in [0.25, 0.3) is 16.2 Å². The molecule has 1 aliphatic heterocycles. The Labute approximate surface area is 147 Å². The summed E-state index contributed by atoms with van der Waals surface area (Å²) in [5, 5.41) is 22.5. The van der Waals surface area contributed by atoms with Crippen molar-refractivity contribution in [3.05, 3.63) is 64.6 Å². The number of nitrogens with zero attached hydrogens (tertiary/aromatic N) is 2. The van der Waals surface area contributed by atoms with Crippen LogP contribution in [0.1, 0.15) is 22.7 Å². The largest absolute Gasteiger partial charge is 0.652 e. The molecule has 5 heteroatoms. The van der Waals surface area contributed by atoms with Crippen LogP contribution in [0.3, 0.4) is 0 Å². The first-order valence-corrected chi connectivity index (χ1v) is 6.73. The predicted molar refractivity (Wildman–Crippen MR) is 78.0 cm³/mol. The number of fused-ring (bicyclic) bond motifs is 3. The van der Waals surface area contributed by atoms with E-state index in [-0.39, 0.29) is 44.5 Å². The first-order chi connectivity index (χ1) is 9.83. The molecule has 103 valence electrons. The Bertz CT molecular complexity index is 767. The minimum absolute atomic E-state index is 0. The average molecular weight is 353 g/mol. The van der Waals surface area contributed by atoms with Gasteiger partial charge in [-0.3, -0.25) is 5.10 Å². The zero-order valence-electron chi connectivity index (χ0n) is 11.5. The second kappa shape index (κ2) is 5.87. The van der Waals surface area contributed by atoms with Crippen molar-refractivity contribution in [3.63, 3.8) is 0 Å². The molecule has 1 unspecified atom stereocenters. The van der Waals surface area contributed by atoms with Gasteiger partial charge >= 0.3 is 0 Å². The topological polar surface area (TPSA) is 63.0 Å². The number of phenolic OH excluding ortho intramolecular Hbond substituents is 1. The van der Waals surface area contributed by atoms with Crippen molar-refractivity contribution in [2.24, 2.45) is 0 Å². The summed E-state index contributed by atoms with van der Waals surface area (Å²) in [4.78, 5) is 0. The minimum atomic E-state index is 0. The van der Waals surface area contributed by atoms with Gasteiger partial charge in [0, 0.05) is 38.1 Å². The SMILES string of the molecule is Oc1ccc(C2[N-]CCc3c2ccc2[nH]ncc32)cc1.[Y]. The molecule has 3 aromatic rings. The van der Waals surface area contributed by atoms with Crippen LogP contribution < -0.4 is 0 Å². The molecular formula is C16H14N3OY-. The third-order valence-electron chi connectivity index (χ3n) is 3.95. The van der Waals surface area contributed by atoms with Crippen LogP contribution in [-0.2, 0) is 39.1 Å². The first kappa shape index (κ1) is 14.7. The van der Waals surface area contributed by atoms with Gasteiger partial charge in [0.05, 0.1) is 11.7 Å². The van der Waals surface area contributed by atoms with Crippen LogP contribution in [0.2, 0.25) is 0 Å². The molecule has 1 aromatic heterocycles. The molecule has 4 rings (SSSR count). The van der Waals surface area contributed by atoms with Gasteiger partial charge in [-0.25, -0.2) is 0 Å². The Kier molecular flexibility index (Phi) is 4.11. The van der Waals surface area contributed by atoms with E-state index in [4.69, 9.17) is 5.32 Å². The fourth-order valence-electron chi connectivity index (χ4n) is 2.97. The molecule has 0 spiro atoms. The van der Waals surface area contributed by atoms with Crippen molar-refractivity contribution in [3.8, 4) is 5.75 Å². The Morgan fingerprint density at radius 3 is 2.76 bits per heavy atom. The molecule has 0 fully saturated rings.